The van der Waals surface area contributed by atoms with Crippen LogP contribution in [0.4, 0.5) is 0 Å². The van der Waals surface area contributed by atoms with Crippen molar-refractivity contribution in [2.45, 2.75) is 31.8 Å². The fourth-order valence-corrected chi connectivity index (χ4v) is 2.38. The van der Waals surface area contributed by atoms with E-state index in [1.165, 1.54) is 0 Å². The van der Waals surface area contributed by atoms with Crippen LogP contribution in [0.25, 0.3) is 0 Å². The molecule has 110 valence electrons. The molecule has 0 spiro atoms. The molecule has 0 radical (unpaired) electrons. The highest BCUT2D eigenvalue weighted by Crippen LogP contribution is 2.13. The number of likely N-dealkylation sites (tertiary alicyclic amines) is 1. The molecule has 1 aromatic rings. The third-order valence-corrected chi connectivity index (χ3v) is 3.65. The molecule has 1 atom stereocenters. The van der Waals surface area contributed by atoms with Crippen LogP contribution in [-0.4, -0.2) is 45.6 Å². The summed E-state index contributed by atoms with van der Waals surface area (Å²) in [5.41, 5.74) is 6.61. The second kappa shape index (κ2) is 6.04. The van der Waals surface area contributed by atoms with Crippen molar-refractivity contribution in [2.24, 2.45) is 12.8 Å². The topological polar surface area (TPSA) is 93.2 Å². The number of carbonyl (C=O) groups excluding carboxylic acids is 2. The molecule has 7 nitrogen and oxygen atoms in total. The molecule has 7 heteroatoms. The number of rotatable bonds is 3. The molecule has 1 fully saturated rings. The van der Waals surface area contributed by atoms with E-state index in [0.717, 1.165) is 12.8 Å². The highest BCUT2D eigenvalue weighted by atomic mass is 16.2. The summed E-state index contributed by atoms with van der Waals surface area (Å²) in [6.45, 7) is 2.93. The summed E-state index contributed by atoms with van der Waals surface area (Å²) in [5, 5.41) is 6.96. The van der Waals surface area contributed by atoms with Gasteiger partial charge in [0.2, 0.25) is 11.8 Å². The normalized spacial score (nSPS) is 17.9. The molecule has 1 unspecified atom stereocenters. The fourth-order valence-electron chi connectivity index (χ4n) is 2.38. The van der Waals surface area contributed by atoms with Gasteiger partial charge in [-0.2, -0.15) is 5.10 Å². The van der Waals surface area contributed by atoms with Gasteiger partial charge >= 0.3 is 0 Å². The molecule has 1 saturated heterocycles. The maximum Gasteiger partial charge on any atom is 0.241 e. The molecular weight excluding hydrogens is 258 g/mol. The summed E-state index contributed by atoms with van der Waals surface area (Å²) in [4.78, 5) is 25.1. The smallest absolute Gasteiger partial charge is 0.241 e. The Balaban J connectivity index is 1.85. The molecule has 0 aliphatic carbocycles. The Labute approximate surface area is 118 Å². The van der Waals surface area contributed by atoms with Gasteiger partial charge < -0.3 is 16.0 Å². The molecule has 20 heavy (non-hydrogen) atoms. The quantitative estimate of drug-likeness (QED) is 0.783. The Hall–Kier alpha value is -1.89. The van der Waals surface area contributed by atoms with E-state index < -0.39 is 6.04 Å². The van der Waals surface area contributed by atoms with Gasteiger partial charge in [0.1, 0.15) is 6.04 Å². The van der Waals surface area contributed by atoms with Crippen molar-refractivity contribution in [3.8, 4) is 0 Å². The number of hydrogen-bond donors (Lipinski definition) is 2. The van der Waals surface area contributed by atoms with E-state index in [9.17, 15) is 9.59 Å². The molecule has 2 amide bonds. The summed E-state index contributed by atoms with van der Waals surface area (Å²) in [6.07, 6.45) is 4.88. The van der Waals surface area contributed by atoms with Gasteiger partial charge in [0.05, 0.1) is 6.20 Å². The molecule has 3 N–H and O–H groups in total. The van der Waals surface area contributed by atoms with Crippen LogP contribution < -0.4 is 11.1 Å². The number of aromatic nitrogens is 2. The lowest BCUT2D eigenvalue weighted by Crippen LogP contribution is -2.48. The lowest BCUT2D eigenvalue weighted by atomic mass is 10.0. The van der Waals surface area contributed by atoms with Gasteiger partial charge in [0.15, 0.2) is 0 Å². The zero-order valence-electron chi connectivity index (χ0n) is 11.9. The monoisotopic (exact) mass is 279 g/mol. The number of piperidine rings is 1. The van der Waals surface area contributed by atoms with Crippen LogP contribution in [-0.2, 0) is 16.6 Å². The molecule has 0 saturated carbocycles. The Morgan fingerprint density at radius 3 is 2.60 bits per heavy atom. The van der Waals surface area contributed by atoms with Crippen molar-refractivity contribution < 1.29 is 9.59 Å². The van der Waals surface area contributed by atoms with Crippen molar-refractivity contribution in [1.82, 2.24) is 20.0 Å². The minimum atomic E-state index is -0.700. The van der Waals surface area contributed by atoms with Gasteiger partial charge in [-0.05, 0) is 12.8 Å². The zero-order chi connectivity index (χ0) is 14.7. The number of carbonyl (C=O) groups is 2. The highest BCUT2D eigenvalue weighted by Gasteiger charge is 2.24. The molecule has 1 aliphatic rings. The first-order valence-electron chi connectivity index (χ1n) is 6.77. The van der Waals surface area contributed by atoms with Crippen molar-refractivity contribution in [3.63, 3.8) is 0 Å². The summed E-state index contributed by atoms with van der Waals surface area (Å²) < 4.78 is 1.62. The number of nitrogens with two attached hydrogens (primary N) is 1. The number of amides is 2. The molecule has 2 heterocycles. The van der Waals surface area contributed by atoms with Crippen LogP contribution in [0.3, 0.4) is 0 Å². The molecular formula is C13H21N5O2. The molecule has 2 rings (SSSR count). The maximum absolute atomic E-state index is 12.1. The largest absolute Gasteiger partial charge is 0.352 e. The maximum atomic E-state index is 12.1. The van der Waals surface area contributed by atoms with E-state index in [4.69, 9.17) is 5.73 Å². The first kappa shape index (κ1) is 14.5. The number of nitrogens with zero attached hydrogens (tertiary/aromatic N) is 3. The van der Waals surface area contributed by atoms with E-state index >= 15 is 0 Å². The molecule has 0 aromatic carbocycles. The highest BCUT2D eigenvalue weighted by molar-refractivity contribution is 5.83. The lowest BCUT2D eigenvalue weighted by molar-refractivity contribution is -0.130. The second-order valence-electron chi connectivity index (χ2n) is 5.21. The van der Waals surface area contributed by atoms with Crippen LogP contribution >= 0.6 is 0 Å². The lowest BCUT2D eigenvalue weighted by Gasteiger charge is -2.32. The Kier molecular flexibility index (Phi) is 4.39. The SMILES string of the molecule is CC(=O)N1CCC(NC(=O)C(N)c2cnn(C)c2)CC1. The van der Waals surface area contributed by atoms with Gasteiger partial charge in [-0.1, -0.05) is 0 Å². The molecule has 1 aliphatic heterocycles. The third-order valence-electron chi connectivity index (χ3n) is 3.65. The summed E-state index contributed by atoms with van der Waals surface area (Å²) >= 11 is 0. The van der Waals surface area contributed by atoms with Crippen molar-refractivity contribution in [1.29, 1.82) is 0 Å². The minimum absolute atomic E-state index is 0.0841. The Bertz CT molecular complexity index is 491. The third kappa shape index (κ3) is 3.36. The predicted molar refractivity (Wildman–Crippen MR) is 73.6 cm³/mol. The molecule has 0 bridgehead atoms. The van der Waals surface area contributed by atoms with Crippen LogP contribution in [0, 0.1) is 0 Å². The van der Waals surface area contributed by atoms with Crippen molar-refractivity contribution in [2.75, 3.05) is 13.1 Å². The average molecular weight is 279 g/mol. The van der Waals surface area contributed by atoms with Gasteiger partial charge in [0.25, 0.3) is 0 Å². The zero-order valence-corrected chi connectivity index (χ0v) is 11.9. The molecule has 1 aromatic heterocycles. The summed E-state index contributed by atoms with van der Waals surface area (Å²) in [7, 11) is 1.78. The van der Waals surface area contributed by atoms with E-state index in [1.54, 1.807) is 35.9 Å². The predicted octanol–water partition coefficient (Wildman–Crippen LogP) is -0.453. The Morgan fingerprint density at radius 1 is 1.45 bits per heavy atom. The van der Waals surface area contributed by atoms with Gasteiger partial charge in [-0.25, -0.2) is 0 Å². The standard InChI is InChI=1S/C13H21N5O2/c1-9(19)18-5-3-11(4-6-18)16-13(20)12(14)10-7-15-17(2)8-10/h7-8,11-12H,3-6,14H2,1-2H3,(H,16,20). The van der Waals surface area contributed by atoms with Gasteiger partial charge in [-0.3, -0.25) is 14.3 Å². The van der Waals surface area contributed by atoms with Crippen molar-refractivity contribution in [3.05, 3.63) is 18.0 Å². The fraction of sp³-hybridized carbons (Fsp3) is 0.615. The van der Waals surface area contributed by atoms with Crippen LogP contribution in [0.15, 0.2) is 12.4 Å². The van der Waals surface area contributed by atoms with E-state index in [2.05, 4.69) is 10.4 Å². The van der Waals surface area contributed by atoms with Gasteiger partial charge in [-0.15, -0.1) is 0 Å². The summed E-state index contributed by atoms with van der Waals surface area (Å²) in [6, 6.07) is -0.615. The first-order valence-corrected chi connectivity index (χ1v) is 6.77. The van der Waals surface area contributed by atoms with Crippen LogP contribution in [0.1, 0.15) is 31.4 Å². The van der Waals surface area contributed by atoms with E-state index in [1.807, 2.05) is 0 Å². The van der Waals surface area contributed by atoms with Crippen molar-refractivity contribution >= 4 is 11.8 Å². The summed E-state index contributed by atoms with van der Waals surface area (Å²) in [5.74, 6) is -0.110. The number of nitrogens with one attached hydrogen (secondary N) is 1. The number of aryl methyl sites for hydroxylation is 1. The second-order valence-corrected chi connectivity index (χ2v) is 5.21. The number of hydrogen-bond acceptors (Lipinski definition) is 4. The first-order chi connectivity index (χ1) is 9.47. The van der Waals surface area contributed by atoms with Gasteiger partial charge in [0, 0.05) is 44.9 Å². The minimum Gasteiger partial charge on any atom is -0.352 e. The average Bonchev–Trinajstić information content (AvgIpc) is 2.85. The Morgan fingerprint density at radius 2 is 2.10 bits per heavy atom. The van der Waals surface area contributed by atoms with E-state index in [0.29, 0.717) is 18.7 Å². The van der Waals surface area contributed by atoms with E-state index in [-0.39, 0.29) is 17.9 Å². The van der Waals surface area contributed by atoms with Crippen LogP contribution in [0.5, 0.6) is 0 Å². The van der Waals surface area contributed by atoms with Crippen LogP contribution in [0.2, 0.25) is 0 Å².